The van der Waals surface area contributed by atoms with Crippen LogP contribution in [0, 0.1) is 0 Å². The number of halogens is 2. The van der Waals surface area contributed by atoms with E-state index in [4.69, 9.17) is 18.9 Å². The van der Waals surface area contributed by atoms with E-state index < -0.39 is 5.60 Å². The second-order valence-electron chi connectivity index (χ2n) is 5.76. The number of alkyl halides is 2. The lowest BCUT2D eigenvalue weighted by Crippen LogP contribution is -2.59. The van der Waals surface area contributed by atoms with Gasteiger partial charge in [-0.05, 0) is 5.56 Å². The highest BCUT2D eigenvalue weighted by atomic mass is 79.9. The number of hydrogen-bond donors (Lipinski definition) is 0. The normalized spacial score (nSPS) is 35.6. The molecular weight excluding hydrogens is 428 g/mol. The zero-order valence-corrected chi connectivity index (χ0v) is 16.0. The molecule has 1 aromatic carbocycles. The Kier molecular flexibility index (Phi) is 5.93. The van der Waals surface area contributed by atoms with Gasteiger partial charge in [0.15, 0.2) is 0 Å². The lowest BCUT2D eigenvalue weighted by Gasteiger charge is -2.44. The third-order valence-corrected chi connectivity index (χ3v) is 6.46. The summed E-state index contributed by atoms with van der Waals surface area (Å²) in [6, 6.07) is 10.1. The maximum absolute atomic E-state index is 6.21. The quantitative estimate of drug-likeness (QED) is 0.364. The molecule has 0 spiro atoms. The molecule has 2 aliphatic heterocycles. The summed E-state index contributed by atoms with van der Waals surface area (Å²) in [7, 11) is 1.62. The molecular formula is C17H20Br2O4. The number of ether oxygens (including phenoxy) is 4. The van der Waals surface area contributed by atoms with Crippen LogP contribution in [-0.2, 0) is 25.6 Å². The van der Waals surface area contributed by atoms with Crippen LogP contribution in [0.2, 0.25) is 0 Å². The summed E-state index contributed by atoms with van der Waals surface area (Å²) in [5, 5.41) is 0. The molecule has 1 fully saturated rings. The maximum atomic E-state index is 6.21. The summed E-state index contributed by atoms with van der Waals surface area (Å²) in [5.41, 5.74) is 0.636. The number of hydrogen-bond acceptors (Lipinski definition) is 4. The third kappa shape index (κ3) is 3.72. The minimum absolute atomic E-state index is 0.0222. The van der Waals surface area contributed by atoms with E-state index in [1.165, 1.54) is 0 Å². The van der Waals surface area contributed by atoms with Crippen molar-refractivity contribution in [3.63, 3.8) is 0 Å². The fourth-order valence-corrected chi connectivity index (χ4v) is 4.96. The van der Waals surface area contributed by atoms with Gasteiger partial charge in [0.1, 0.15) is 12.4 Å². The van der Waals surface area contributed by atoms with Crippen molar-refractivity contribution in [1.82, 2.24) is 0 Å². The standard InChI is InChI=1S/C17H20Br2O4/c1-20-11-22-15-14(18)13-7-8-17(23-13,16(15)19)10-21-9-12-5-3-2-4-6-12/h2-8,13-16H,9-11H2,1H3/t13-,14?,15+,16?,17-/m0/s1. The summed E-state index contributed by atoms with van der Waals surface area (Å²) in [5.74, 6) is 0. The Balaban J connectivity index is 1.64. The molecule has 0 radical (unpaired) electrons. The van der Waals surface area contributed by atoms with E-state index in [-0.39, 0.29) is 28.7 Å². The van der Waals surface area contributed by atoms with Crippen LogP contribution in [-0.4, -0.2) is 48.0 Å². The zero-order valence-electron chi connectivity index (χ0n) is 12.9. The SMILES string of the molecule is COCO[C@@H]1C(Br)[C@@H]2C=C[C@@](COCc3ccccc3)(O2)C1Br. The van der Waals surface area contributed by atoms with Gasteiger partial charge in [0.25, 0.3) is 0 Å². The van der Waals surface area contributed by atoms with E-state index in [1.807, 2.05) is 18.2 Å². The first-order valence-electron chi connectivity index (χ1n) is 7.54. The van der Waals surface area contributed by atoms with Crippen molar-refractivity contribution in [2.45, 2.75) is 34.1 Å². The number of fused-ring (bicyclic) bond motifs is 2. The van der Waals surface area contributed by atoms with Crippen LogP contribution in [0.4, 0.5) is 0 Å². The predicted molar refractivity (Wildman–Crippen MR) is 95.0 cm³/mol. The van der Waals surface area contributed by atoms with E-state index in [9.17, 15) is 0 Å². The second kappa shape index (κ2) is 7.76. The van der Waals surface area contributed by atoms with Gasteiger partial charge in [-0.25, -0.2) is 0 Å². The van der Waals surface area contributed by atoms with E-state index >= 15 is 0 Å². The molecule has 0 aliphatic carbocycles. The first-order valence-corrected chi connectivity index (χ1v) is 9.37. The van der Waals surface area contributed by atoms with Gasteiger partial charge in [-0.1, -0.05) is 74.3 Å². The Hall–Kier alpha value is -0.240. The van der Waals surface area contributed by atoms with Crippen LogP contribution in [0.1, 0.15) is 5.56 Å². The molecule has 3 rings (SSSR count). The van der Waals surface area contributed by atoms with Crippen LogP contribution >= 0.6 is 31.9 Å². The number of methoxy groups -OCH3 is 1. The monoisotopic (exact) mass is 446 g/mol. The van der Waals surface area contributed by atoms with Crippen molar-refractivity contribution < 1.29 is 18.9 Å². The van der Waals surface area contributed by atoms with Crippen molar-refractivity contribution in [1.29, 1.82) is 0 Å². The third-order valence-electron chi connectivity index (χ3n) is 4.12. The molecule has 2 aliphatic rings. The first kappa shape index (κ1) is 17.6. The average Bonchev–Trinajstić information content (AvgIpc) is 2.97. The Morgan fingerprint density at radius 1 is 1.22 bits per heavy atom. The molecule has 5 atom stereocenters. The molecule has 0 N–H and O–H groups in total. The summed E-state index contributed by atoms with van der Waals surface area (Å²) >= 11 is 7.44. The van der Waals surface area contributed by atoms with E-state index in [0.717, 1.165) is 5.56 Å². The minimum Gasteiger partial charge on any atom is -0.373 e. The van der Waals surface area contributed by atoms with Crippen molar-refractivity contribution in [3.8, 4) is 0 Å². The first-order chi connectivity index (χ1) is 11.2. The number of rotatable bonds is 7. The van der Waals surface area contributed by atoms with Gasteiger partial charge in [0.2, 0.25) is 0 Å². The second-order valence-corrected chi connectivity index (χ2v) is 7.80. The topological polar surface area (TPSA) is 36.9 Å². The molecule has 2 heterocycles. The summed E-state index contributed by atoms with van der Waals surface area (Å²) in [6.07, 6.45) is 4.08. The fourth-order valence-electron chi connectivity index (χ4n) is 2.93. The summed E-state index contributed by atoms with van der Waals surface area (Å²) in [4.78, 5) is 0.0447. The molecule has 0 amide bonds. The molecule has 0 saturated carbocycles. The van der Waals surface area contributed by atoms with Gasteiger partial charge in [-0.2, -0.15) is 0 Å². The van der Waals surface area contributed by atoms with Crippen molar-refractivity contribution in [2.24, 2.45) is 0 Å². The molecule has 126 valence electrons. The van der Waals surface area contributed by atoms with E-state index in [0.29, 0.717) is 13.2 Å². The highest BCUT2D eigenvalue weighted by molar-refractivity contribution is 9.10. The molecule has 2 bridgehead atoms. The van der Waals surface area contributed by atoms with Crippen molar-refractivity contribution >= 4 is 31.9 Å². The molecule has 2 unspecified atom stereocenters. The van der Waals surface area contributed by atoms with Gasteiger partial charge in [0.05, 0.1) is 35.1 Å². The van der Waals surface area contributed by atoms with Crippen LogP contribution in [0.5, 0.6) is 0 Å². The van der Waals surface area contributed by atoms with E-state index in [1.54, 1.807) is 7.11 Å². The molecule has 4 nitrogen and oxygen atoms in total. The minimum atomic E-state index is -0.512. The molecule has 1 aromatic rings. The Labute approximate surface area is 153 Å². The Morgan fingerprint density at radius 3 is 2.74 bits per heavy atom. The van der Waals surface area contributed by atoms with Crippen molar-refractivity contribution in [2.75, 3.05) is 20.5 Å². The van der Waals surface area contributed by atoms with Gasteiger partial charge in [-0.3, -0.25) is 0 Å². The van der Waals surface area contributed by atoms with E-state index in [2.05, 4.69) is 56.1 Å². The highest BCUT2D eigenvalue weighted by Crippen LogP contribution is 2.44. The molecule has 0 aromatic heterocycles. The maximum Gasteiger partial charge on any atom is 0.146 e. The smallest absolute Gasteiger partial charge is 0.146 e. The molecule has 6 heteroatoms. The zero-order chi connectivity index (χ0) is 16.3. The van der Waals surface area contributed by atoms with Gasteiger partial charge >= 0.3 is 0 Å². The van der Waals surface area contributed by atoms with Crippen LogP contribution < -0.4 is 0 Å². The predicted octanol–water partition coefficient (Wildman–Crippen LogP) is 3.43. The summed E-state index contributed by atoms with van der Waals surface area (Å²) in [6.45, 7) is 1.28. The number of benzene rings is 1. The lowest BCUT2D eigenvalue weighted by molar-refractivity contribution is -0.159. The molecule has 1 saturated heterocycles. The highest BCUT2D eigenvalue weighted by Gasteiger charge is 2.55. The van der Waals surface area contributed by atoms with Gasteiger partial charge in [0, 0.05) is 7.11 Å². The van der Waals surface area contributed by atoms with Crippen molar-refractivity contribution in [3.05, 3.63) is 48.0 Å². The van der Waals surface area contributed by atoms with Gasteiger partial charge in [-0.15, -0.1) is 0 Å². The fraction of sp³-hybridized carbons (Fsp3) is 0.529. The van der Waals surface area contributed by atoms with Gasteiger partial charge < -0.3 is 18.9 Å². The lowest BCUT2D eigenvalue weighted by atomic mass is 9.94. The van der Waals surface area contributed by atoms with Crippen LogP contribution in [0.15, 0.2) is 42.5 Å². The average molecular weight is 448 g/mol. The largest absolute Gasteiger partial charge is 0.373 e. The van der Waals surface area contributed by atoms with Crippen LogP contribution in [0.3, 0.4) is 0 Å². The van der Waals surface area contributed by atoms with Crippen LogP contribution in [0.25, 0.3) is 0 Å². The Morgan fingerprint density at radius 2 is 2.00 bits per heavy atom. The molecule has 23 heavy (non-hydrogen) atoms. The Bertz CT molecular complexity index is 539. The summed E-state index contributed by atoms with van der Waals surface area (Å²) < 4.78 is 23.0.